The number of anilines is 2. The average Bonchev–Trinajstić information content (AvgIpc) is 3.28. The standard InChI is InChI=1S/C52H56N2Si4/c1-53(2)47-37-21-25-41-27-23-39-49(51(41)47)57(7,55(5,43-29-13-9-14-30-43)44-31-15-10-16-32-44)58(8,50-40-24-28-42-26-22-38-48(52(42)50)54(3)4)56(6,45-33-17-11-18-34-45)46-35-19-12-20-36-46/h9-40H,1-8H3/t57-,58-/m1/s1. The molecule has 0 aliphatic heterocycles. The first-order valence-electron chi connectivity index (χ1n) is 20.6. The van der Waals surface area contributed by atoms with Gasteiger partial charge in [-0.1, -0.05) is 239 Å². The third-order valence-electron chi connectivity index (χ3n) is 14.2. The normalized spacial score (nSPS) is 14.1. The van der Waals surface area contributed by atoms with Crippen LogP contribution in [0.2, 0.25) is 26.2 Å². The third-order valence-corrected chi connectivity index (χ3v) is 74.1. The van der Waals surface area contributed by atoms with E-state index in [1.54, 1.807) is 10.4 Å². The van der Waals surface area contributed by atoms with Gasteiger partial charge in [0.25, 0.3) is 0 Å². The lowest BCUT2D eigenvalue weighted by Gasteiger charge is -2.61. The van der Waals surface area contributed by atoms with Crippen LogP contribution in [-0.2, 0) is 0 Å². The summed E-state index contributed by atoms with van der Waals surface area (Å²) in [5, 5.41) is 14.8. The molecule has 0 aromatic heterocycles. The number of fused-ring (bicyclic) bond motifs is 2. The number of hydrogen-bond acceptors (Lipinski definition) is 2. The fourth-order valence-corrected chi connectivity index (χ4v) is 86.9. The number of rotatable bonds is 11. The lowest BCUT2D eigenvalue weighted by Crippen LogP contribution is -2.98. The van der Waals surface area contributed by atoms with E-state index >= 15 is 0 Å². The SMILES string of the molecule is CN(C)c1cccc2cccc([Si@](C)([Si](C)(c3ccccc3)c3ccccc3)[Si@](C)(c3cccc4cccc(N(C)C)c34)[Si](C)(c3ccccc3)c3ccccc3)c12. The maximum Gasteiger partial charge on any atom is 0.110 e. The summed E-state index contributed by atoms with van der Waals surface area (Å²) >= 11 is 0. The molecule has 0 N–H and O–H groups in total. The van der Waals surface area contributed by atoms with Crippen LogP contribution in [-0.4, -0.2) is 57.6 Å². The van der Waals surface area contributed by atoms with Gasteiger partial charge in [-0.05, 0) is 22.9 Å². The minimum atomic E-state index is -2.98. The second kappa shape index (κ2) is 15.5. The molecule has 0 heterocycles. The van der Waals surface area contributed by atoms with Crippen LogP contribution < -0.4 is 40.9 Å². The second-order valence-corrected chi connectivity index (χ2v) is 50.5. The monoisotopic (exact) mass is 820 g/mol. The fourth-order valence-electron chi connectivity index (χ4n) is 10.9. The largest absolute Gasteiger partial charge is 0.377 e. The van der Waals surface area contributed by atoms with Crippen LogP contribution in [0.5, 0.6) is 0 Å². The van der Waals surface area contributed by atoms with Crippen LogP contribution in [0.25, 0.3) is 21.5 Å². The van der Waals surface area contributed by atoms with E-state index in [4.69, 9.17) is 0 Å². The summed E-state index contributed by atoms with van der Waals surface area (Å²) in [6.07, 6.45) is 0. The summed E-state index contributed by atoms with van der Waals surface area (Å²) in [4.78, 5) is 4.72. The molecule has 58 heavy (non-hydrogen) atoms. The van der Waals surface area contributed by atoms with Crippen molar-refractivity contribution in [1.29, 1.82) is 0 Å². The first-order valence-corrected chi connectivity index (χ1v) is 33.6. The molecule has 2 atom stereocenters. The summed E-state index contributed by atoms with van der Waals surface area (Å²) < 4.78 is 0. The number of hydrogen-bond donors (Lipinski definition) is 0. The molecule has 0 amide bonds. The van der Waals surface area contributed by atoms with Crippen LogP contribution in [0.15, 0.2) is 194 Å². The molecule has 2 nitrogen and oxygen atoms in total. The fraction of sp³-hybridized carbons (Fsp3) is 0.154. The van der Waals surface area contributed by atoms with E-state index in [2.05, 4.69) is 258 Å². The van der Waals surface area contributed by atoms with E-state index < -0.39 is 29.4 Å². The molecule has 0 saturated carbocycles. The molecule has 0 bridgehead atoms. The Morgan fingerprint density at radius 3 is 0.810 bits per heavy atom. The lowest BCUT2D eigenvalue weighted by atomic mass is 10.1. The summed E-state index contributed by atoms with van der Waals surface area (Å²) in [6.45, 7) is 11.4. The molecule has 0 unspecified atom stereocenters. The van der Waals surface area contributed by atoms with E-state index in [1.807, 2.05) is 0 Å². The highest BCUT2D eigenvalue weighted by Crippen LogP contribution is 2.41. The van der Waals surface area contributed by atoms with Crippen molar-refractivity contribution >= 4 is 93.4 Å². The first-order chi connectivity index (χ1) is 28.0. The van der Waals surface area contributed by atoms with Gasteiger partial charge in [-0.15, -0.1) is 0 Å². The molecule has 6 heteroatoms. The topological polar surface area (TPSA) is 6.48 Å². The Morgan fingerprint density at radius 1 is 0.293 bits per heavy atom. The number of benzene rings is 8. The van der Waals surface area contributed by atoms with Gasteiger partial charge in [-0.2, -0.15) is 0 Å². The van der Waals surface area contributed by atoms with Gasteiger partial charge in [-0.25, -0.2) is 0 Å². The van der Waals surface area contributed by atoms with Crippen molar-refractivity contribution in [3.05, 3.63) is 194 Å². The molecule has 0 spiro atoms. The highest BCUT2D eigenvalue weighted by molar-refractivity contribution is 7.94. The van der Waals surface area contributed by atoms with E-state index in [-0.39, 0.29) is 0 Å². The molecule has 8 rings (SSSR count). The molecule has 8 aromatic rings. The van der Waals surface area contributed by atoms with Crippen molar-refractivity contribution in [2.24, 2.45) is 0 Å². The summed E-state index contributed by atoms with van der Waals surface area (Å²) in [6, 6.07) is 75.9. The van der Waals surface area contributed by atoms with Crippen molar-refractivity contribution < 1.29 is 0 Å². The Kier molecular flexibility index (Phi) is 10.6. The number of nitrogens with zero attached hydrogens (tertiary/aromatic N) is 2. The van der Waals surface area contributed by atoms with Crippen molar-refractivity contribution in [1.82, 2.24) is 0 Å². The van der Waals surface area contributed by atoms with Crippen LogP contribution in [0.1, 0.15) is 0 Å². The quantitative estimate of drug-likeness (QED) is 0.121. The highest BCUT2D eigenvalue weighted by atomic mass is 29.8. The molecule has 0 fully saturated rings. The lowest BCUT2D eigenvalue weighted by molar-refractivity contribution is 1.14. The maximum absolute atomic E-state index is 2.98. The summed E-state index contributed by atoms with van der Waals surface area (Å²) in [7, 11) is -2.63. The van der Waals surface area contributed by atoms with Gasteiger partial charge in [0, 0.05) is 50.3 Å². The molecular formula is C52H56N2Si4. The van der Waals surface area contributed by atoms with Gasteiger partial charge in [0.2, 0.25) is 0 Å². The van der Waals surface area contributed by atoms with Crippen LogP contribution in [0.3, 0.4) is 0 Å². The Hall–Kier alpha value is -5.25. The zero-order valence-electron chi connectivity index (χ0n) is 35.4. The molecule has 0 aliphatic rings. The maximum atomic E-state index is 2.90. The van der Waals surface area contributed by atoms with Crippen molar-refractivity contribution in [2.75, 3.05) is 38.0 Å². The van der Waals surface area contributed by atoms with Crippen LogP contribution in [0, 0.1) is 0 Å². The van der Waals surface area contributed by atoms with Gasteiger partial charge in [0.1, 0.15) is 15.2 Å². The van der Waals surface area contributed by atoms with Gasteiger partial charge in [0.05, 0.1) is 14.2 Å². The van der Waals surface area contributed by atoms with Crippen molar-refractivity contribution in [3.63, 3.8) is 0 Å². The Balaban J connectivity index is 1.73. The smallest absolute Gasteiger partial charge is 0.110 e. The molecule has 0 saturated heterocycles. The highest BCUT2D eigenvalue weighted by Gasteiger charge is 2.70. The minimum absolute atomic E-state index is 1.30. The van der Waals surface area contributed by atoms with Crippen LogP contribution in [0.4, 0.5) is 11.4 Å². The van der Waals surface area contributed by atoms with Crippen LogP contribution >= 0.6 is 0 Å². The Morgan fingerprint density at radius 2 is 0.552 bits per heavy atom. The third kappa shape index (κ3) is 5.91. The van der Waals surface area contributed by atoms with E-state index in [1.165, 1.54) is 53.7 Å². The predicted molar refractivity (Wildman–Crippen MR) is 267 cm³/mol. The zero-order chi connectivity index (χ0) is 40.7. The Labute approximate surface area is 349 Å². The van der Waals surface area contributed by atoms with Crippen molar-refractivity contribution in [2.45, 2.75) is 26.2 Å². The second-order valence-electron chi connectivity index (χ2n) is 17.1. The predicted octanol–water partition coefficient (Wildman–Crippen LogP) is 8.42. The summed E-state index contributed by atoms with van der Waals surface area (Å²) in [5.74, 6) is 0. The summed E-state index contributed by atoms with van der Waals surface area (Å²) in [5.41, 5.74) is 2.60. The minimum Gasteiger partial charge on any atom is -0.377 e. The van der Waals surface area contributed by atoms with E-state index in [9.17, 15) is 0 Å². The Bertz CT molecular complexity index is 2410. The van der Waals surface area contributed by atoms with Crippen molar-refractivity contribution in [3.8, 4) is 0 Å². The zero-order valence-corrected chi connectivity index (χ0v) is 39.4. The molecular weight excluding hydrogens is 765 g/mol. The average molecular weight is 821 g/mol. The van der Waals surface area contributed by atoms with Gasteiger partial charge in [-0.3, -0.25) is 0 Å². The molecule has 8 aromatic carbocycles. The van der Waals surface area contributed by atoms with E-state index in [0.717, 1.165) is 0 Å². The molecule has 0 radical (unpaired) electrons. The van der Waals surface area contributed by atoms with E-state index in [0.29, 0.717) is 0 Å². The van der Waals surface area contributed by atoms with Gasteiger partial charge >= 0.3 is 0 Å². The van der Waals surface area contributed by atoms with Gasteiger partial charge < -0.3 is 9.80 Å². The van der Waals surface area contributed by atoms with Gasteiger partial charge in [0.15, 0.2) is 0 Å². The molecule has 290 valence electrons. The molecule has 0 aliphatic carbocycles. The first kappa shape index (κ1) is 39.6.